The number of hydrogen-bond donors (Lipinski definition) is 1. The van der Waals surface area contributed by atoms with Gasteiger partial charge in [-0.15, -0.1) is 0 Å². The predicted octanol–water partition coefficient (Wildman–Crippen LogP) is 4.07. The van der Waals surface area contributed by atoms with Crippen molar-refractivity contribution in [2.24, 2.45) is 5.92 Å². The van der Waals surface area contributed by atoms with Gasteiger partial charge in [-0.3, -0.25) is 4.79 Å². The van der Waals surface area contributed by atoms with Gasteiger partial charge in [0.2, 0.25) is 0 Å². The molecule has 0 amide bonds. The average molecular weight is 304 g/mol. The van der Waals surface area contributed by atoms with Crippen molar-refractivity contribution in [2.45, 2.75) is 51.2 Å². The Kier molecular flexibility index (Phi) is 5.75. The average Bonchev–Trinajstić information content (AvgIpc) is 2.54. The molecule has 0 aromatic heterocycles. The van der Waals surface area contributed by atoms with Crippen molar-refractivity contribution in [1.29, 1.82) is 0 Å². The number of carboxylic acid groups (broad SMARTS) is 1. The lowest BCUT2D eigenvalue weighted by Crippen LogP contribution is -2.44. The number of benzene rings is 1. The quantitative estimate of drug-likeness (QED) is 0.805. The van der Waals surface area contributed by atoms with Crippen molar-refractivity contribution in [2.75, 3.05) is 0 Å². The minimum atomic E-state index is -0.851. The fraction of sp³-hybridized carbons (Fsp3) is 0.500. The maximum atomic E-state index is 10.9. The van der Waals surface area contributed by atoms with Crippen LogP contribution in [0, 0.1) is 5.92 Å². The second kappa shape index (κ2) is 7.56. The van der Waals surface area contributed by atoms with Crippen LogP contribution in [0.15, 0.2) is 36.4 Å². The lowest BCUT2D eigenvalue weighted by Gasteiger charge is -2.40. The maximum absolute atomic E-state index is 10.9. The number of hydrogen-bond acceptors (Lipinski definition) is 3. The van der Waals surface area contributed by atoms with Gasteiger partial charge >= 0.3 is 5.97 Å². The molecule has 3 atom stereocenters. The van der Waals surface area contributed by atoms with Gasteiger partial charge in [0.15, 0.2) is 0 Å². The summed E-state index contributed by atoms with van der Waals surface area (Å²) >= 11 is 0. The fourth-order valence-electron chi connectivity index (χ4n) is 2.85. The number of aliphatic carboxylic acids is 1. The Morgan fingerprint density at radius 2 is 2.09 bits per heavy atom. The van der Waals surface area contributed by atoms with Gasteiger partial charge in [0.1, 0.15) is 11.7 Å². The fourth-order valence-corrected chi connectivity index (χ4v) is 2.85. The Labute approximate surface area is 131 Å². The van der Waals surface area contributed by atoms with E-state index in [2.05, 4.69) is 13.8 Å². The molecule has 1 fully saturated rings. The second-order valence-electron chi connectivity index (χ2n) is 5.85. The minimum absolute atomic E-state index is 0.0132. The Bertz CT molecular complexity index is 511. The molecule has 3 unspecified atom stereocenters. The van der Waals surface area contributed by atoms with Crippen LogP contribution in [0.25, 0.3) is 6.08 Å². The predicted molar refractivity (Wildman–Crippen MR) is 85.1 cm³/mol. The first kappa shape index (κ1) is 16.7. The summed E-state index contributed by atoms with van der Waals surface area (Å²) in [5.74, 6) is -0.666. The van der Waals surface area contributed by atoms with Gasteiger partial charge in [0, 0.05) is 0 Å². The molecule has 0 saturated carbocycles. The van der Waals surface area contributed by atoms with Gasteiger partial charge < -0.3 is 5.11 Å². The summed E-state index contributed by atoms with van der Waals surface area (Å²) in [4.78, 5) is 22.0. The summed E-state index contributed by atoms with van der Waals surface area (Å²) in [7, 11) is 0. The first-order valence-electron chi connectivity index (χ1n) is 7.89. The van der Waals surface area contributed by atoms with Gasteiger partial charge in [-0.25, -0.2) is 9.78 Å². The zero-order valence-electron chi connectivity index (χ0n) is 13.2. The van der Waals surface area contributed by atoms with E-state index in [1.165, 1.54) is 0 Å². The molecule has 1 aliphatic heterocycles. The molecule has 1 N–H and O–H groups in total. The monoisotopic (exact) mass is 304 g/mol. The zero-order valence-corrected chi connectivity index (χ0v) is 13.2. The SMILES string of the molecule is CCC1CC(C=Cc2ccccc2)(CC)OOC1CC(=O)O. The normalized spacial score (nSPS) is 28.8. The molecule has 0 bridgehead atoms. The van der Waals surface area contributed by atoms with E-state index >= 15 is 0 Å². The first-order valence-corrected chi connectivity index (χ1v) is 7.89. The van der Waals surface area contributed by atoms with Crippen LogP contribution in [-0.4, -0.2) is 22.8 Å². The van der Waals surface area contributed by atoms with E-state index in [0.717, 1.165) is 24.8 Å². The van der Waals surface area contributed by atoms with E-state index in [9.17, 15) is 4.79 Å². The molecule has 4 nitrogen and oxygen atoms in total. The van der Waals surface area contributed by atoms with E-state index < -0.39 is 11.6 Å². The highest BCUT2D eigenvalue weighted by Gasteiger charge is 2.41. The molecule has 1 aromatic rings. The molecular weight excluding hydrogens is 280 g/mol. The lowest BCUT2D eigenvalue weighted by molar-refractivity contribution is -0.409. The van der Waals surface area contributed by atoms with Gasteiger partial charge in [-0.1, -0.05) is 56.7 Å². The number of carboxylic acids is 1. The van der Waals surface area contributed by atoms with Gasteiger partial charge in [0.05, 0.1) is 6.42 Å². The molecule has 0 radical (unpaired) electrons. The number of carbonyl (C=O) groups is 1. The zero-order chi connectivity index (χ0) is 16.0. The Morgan fingerprint density at radius 3 is 2.68 bits per heavy atom. The summed E-state index contributed by atoms with van der Waals surface area (Å²) < 4.78 is 0. The molecule has 2 rings (SSSR count). The molecule has 4 heteroatoms. The first-order chi connectivity index (χ1) is 10.6. The highest BCUT2D eigenvalue weighted by molar-refractivity contribution is 5.67. The van der Waals surface area contributed by atoms with Crippen LogP contribution in [0.3, 0.4) is 0 Å². The van der Waals surface area contributed by atoms with E-state index in [-0.39, 0.29) is 18.4 Å². The van der Waals surface area contributed by atoms with Crippen LogP contribution < -0.4 is 0 Å². The van der Waals surface area contributed by atoms with Crippen molar-refractivity contribution < 1.29 is 19.7 Å². The third-order valence-corrected chi connectivity index (χ3v) is 4.35. The Morgan fingerprint density at radius 1 is 1.36 bits per heavy atom. The van der Waals surface area contributed by atoms with Crippen molar-refractivity contribution in [3.63, 3.8) is 0 Å². The molecule has 1 saturated heterocycles. The third kappa shape index (κ3) is 4.18. The van der Waals surface area contributed by atoms with Crippen molar-refractivity contribution in [3.05, 3.63) is 42.0 Å². The van der Waals surface area contributed by atoms with Crippen molar-refractivity contribution >= 4 is 12.0 Å². The van der Waals surface area contributed by atoms with E-state index in [4.69, 9.17) is 14.9 Å². The van der Waals surface area contributed by atoms with E-state index in [1.54, 1.807) is 0 Å². The molecular formula is C18H24O4. The Hall–Kier alpha value is -1.65. The summed E-state index contributed by atoms with van der Waals surface area (Å²) in [6, 6.07) is 10.0. The summed E-state index contributed by atoms with van der Waals surface area (Å²) in [6.07, 6.45) is 6.14. The van der Waals surface area contributed by atoms with Crippen LogP contribution in [0.1, 0.15) is 45.1 Å². The topological polar surface area (TPSA) is 55.8 Å². The lowest BCUT2D eigenvalue weighted by atomic mass is 9.81. The smallest absolute Gasteiger partial charge is 0.306 e. The van der Waals surface area contributed by atoms with Crippen molar-refractivity contribution in [3.8, 4) is 0 Å². The summed E-state index contributed by atoms with van der Waals surface area (Å²) in [5, 5.41) is 8.97. The molecule has 0 spiro atoms. The second-order valence-corrected chi connectivity index (χ2v) is 5.85. The van der Waals surface area contributed by atoms with Crippen LogP contribution in [-0.2, 0) is 14.6 Å². The molecule has 1 aromatic carbocycles. The van der Waals surface area contributed by atoms with Crippen molar-refractivity contribution in [1.82, 2.24) is 0 Å². The van der Waals surface area contributed by atoms with Gasteiger partial charge in [0.25, 0.3) is 0 Å². The number of rotatable bonds is 6. The largest absolute Gasteiger partial charge is 0.481 e. The van der Waals surface area contributed by atoms with Gasteiger partial charge in [-0.05, 0) is 30.4 Å². The van der Waals surface area contributed by atoms with Gasteiger partial charge in [-0.2, -0.15) is 0 Å². The molecule has 0 aliphatic carbocycles. The highest BCUT2D eigenvalue weighted by Crippen LogP contribution is 2.38. The van der Waals surface area contributed by atoms with E-state index in [1.807, 2.05) is 42.5 Å². The maximum Gasteiger partial charge on any atom is 0.306 e. The highest BCUT2D eigenvalue weighted by atomic mass is 17.2. The van der Waals surface area contributed by atoms with Crippen LogP contribution >= 0.6 is 0 Å². The van der Waals surface area contributed by atoms with Crippen LogP contribution in [0.5, 0.6) is 0 Å². The molecule has 120 valence electrons. The molecule has 1 heterocycles. The summed E-state index contributed by atoms with van der Waals surface area (Å²) in [6.45, 7) is 4.12. The van der Waals surface area contributed by atoms with Crippen LogP contribution in [0.4, 0.5) is 0 Å². The van der Waals surface area contributed by atoms with Crippen LogP contribution in [0.2, 0.25) is 0 Å². The standard InChI is InChI=1S/C18H24O4/c1-3-15-13-18(4-2,22-21-16(15)12-17(19)20)11-10-14-8-6-5-7-9-14/h5-11,15-16H,3-4,12-13H2,1-2H3,(H,19,20). The third-order valence-electron chi connectivity index (χ3n) is 4.35. The summed E-state index contributed by atoms with van der Waals surface area (Å²) in [5.41, 5.74) is 0.630. The minimum Gasteiger partial charge on any atom is -0.481 e. The molecule has 1 aliphatic rings. The molecule has 22 heavy (non-hydrogen) atoms. The van der Waals surface area contributed by atoms with E-state index in [0.29, 0.717) is 0 Å². The Balaban J connectivity index is 2.11.